The van der Waals surface area contributed by atoms with Crippen molar-refractivity contribution in [2.75, 3.05) is 31.6 Å². The molecule has 0 aromatic heterocycles. The van der Waals surface area contributed by atoms with E-state index in [4.69, 9.17) is 4.74 Å². The van der Waals surface area contributed by atoms with E-state index in [0.29, 0.717) is 40.9 Å². The van der Waals surface area contributed by atoms with E-state index in [1.165, 1.54) is 10.5 Å². The highest BCUT2D eigenvalue weighted by molar-refractivity contribution is 6.13. The first kappa shape index (κ1) is 24.1. The number of likely N-dealkylation sites (tertiary alicyclic amines) is 1. The number of carbonyl (C=O) groups is 2. The zero-order valence-corrected chi connectivity index (χ0v) is 20.5. The average Bonchev–Trinajstić information content (AvgIpc) is 3.14. The summed E-state index contributed by atoms with van der Waals surface area (Å²) < 4.78 is 5.27. The van der Waals surface area contributed by atoms with E-state index < -0.39 is 6.09 Å². The lowest BCUT2D eigenvalue weighted by atomic mass is 9.84. The van der Waals surface area contributed by atoms with Gasteiger partial charge in [-0.2, -0.15) is 0 Å². The van der Waals surface area contributed by atoms with E-state index in [1.807, 2.05) is 6.07 Å². The summed E-state index contributed by atoms with van der Waals surface area (Å²) in [6.07, 6.45) is 1.23. The smallest absolute Gasteiger partial charge is 0.411 e. The summed E-state index contributed by atoms with van der Waals surface area (Å²) >= 11 is 0. The van der Waals surface area contributed by atoms with Gasteiger partial charge in [-0.1, -0.05) is 54.6 Å². The number of rotatable bonds is 8. The quantitative estimate of drug-likeness (QED) is 0.424. The minimum Gasteiger partial charge on any atom is -0.497 e. The molecule has 1 aliphatic carbocycles. The van der Waals surface area contributed by atoms with Gasteiger partial charge in [0.15, 0.2) is 5.78 Å². The number of ether oxygens (including phenoxy) is 1. The Balaban J connectivity index is 1.36. The molecule has 1 N–H and O–H groups in total. The summed E-state index contributed by atoms with van der Waals surface area (Å²) in [6.45, 7) is 3.30. The second kappa shape index (κ2) is 10.5. The molecule has 186 valence electrons. The summed E-state index contributed by atoms with van der Waals surface area (Å²) in [6, 6.07) is 24.5. The predicted octanol–water partition coefficient (Wildman–Crippen LogP) is 5.57. The SMILES string of the molecule is COc1cccc(C(=O)c2ccccc2N(CC2C3CCC2CN(Cc2ccccc2)C3)C(=O)O)c1. The summed E-state index contributed by atoms with van der Waals surface area (Å²) in [7, 11) is 1.56. The van der Waals surface area contributed by atoms with Gasteiger partial charge in [0.25, 0.3) is 0 Å². The van der Waals surface area contributed by atoms with Gasteiger partial charge < -0.3 is 9.84 Å². The van der Waals surface area contributed by atoms with Crippen molar-refractivity contribution >= 4 is 17.6 Å². The number of benzene rings is 3. The number of piperidine rings is 1. The van der Waals surface area contributed by atoms with Gasteiger partial charge in [-0.25, -0.2) is 4.79 Å². The summed E-state index contributed by atoms with van der Waals surface area (Å²) in [5, 5.41) is 10.2. The molecule has 1 heterocycles. The minimum atomic E-state index is -1.02. The maximum atomic E-state index is 13.4. The van der Waals surface area contributed by atoms with Crippen molar-refractivity contribution in [2.24, 2.45) is 17.8 Å². The topological polar surface area (TPSA) is 70.1 Å². The normalized spacial score (nSPS) is 21.2. The van der Waals surface area contributed by atoms with E-state index in [9.17, 15) is 14.7 Å². The van der Waals surface area contributed by atoms with Gasteiger partial charge in [-0.15, -0.1) is 0 Å². The Hall–Kier alpha value is -3.64. The fourth-order valence-corrected chi connectivity index (χ4v) is 6.01. The number of methoxy groups -OCH3 is 1. The largest absolute Gasteiger partial charge is 0.497 e. The number of fused-ring (bicyclic) bond motifs is 2. The first-order valence-electron chi connectivity index (χ1n) is 12.6. The Morgan fingerprint density at radius 1 is 0.944 bits per heavy atom. The number of hydrogen-bond acceptors (Lipinski definition) is 4. The molecule has 0 spiro atoms. The van der Waals surface area contributed by atoms with Gasteiger partial charge in [0.05, 0.1) is 12.8 Å². The fraction of sp³-hybridized carbons (Fsp3) is 0.333. The standard InChI is InChI=1S/C30H32N2O4/c1-36-25-11-7-10-22(16-25)29(33)26-12-5-6-13-28(26)32(30(34)35)20-27-23-14-15-24(27)19-31(18-23)17-21-8-3-2-4-9-21/h2-13,16,23-24,27H,14-15,17-20H2,1H3,(H,34,35). The number of ketones is 1. The minimum absolute atomic E-state index is 0.212. The number of nitrogens with zero attached hydrogens (tertiary/aromatic N) is 2. The van der Waals surface area contributed by atoms with Crippen LogP contribution in [0.5, 0.6) is 5.75 Å². The predicted molar refractivity (Wildman–Crippen MR) is 140 cm³/mol. The zero-order valence-electron chi connectivity index (χ0n) is 20.5. The Labute approximate surface area is 212 Å². The third-order valence-electron chi connectivity index (χ3n) is 7.75. The fourth-order valence-electron chi connectivity index (χ4n) is 6.01. The Kier molecular flexibility index (Phi) is 7.05. The van der Waals surface area contributed by atoms with E-state index in [0.717, 1.165) is 32.5 Å². The summed E-state index contributed by atoms with van der Waals surface area (Å²) in [4.78, 5) is 29.9. The number of carbonyl (C=O) groups excluding carboxylic acids is 1. The molecule has 2 bridgehead atoms. The lowest BCUT2D eigenvalue weighted by Crippen LogP contribution is -2.47. The third kappa shape index (κ3) is 5.00. The van der Waals surface area contributed by atoms with Crippen molar-refractivity contribution < 1.29 is 19.4 Å². The van der Waals surface area contributed by atoms with Crippen molar-refractivity contribution in [1.29, 1.82) is 0 Å². The van der Waals surface area contributed by atoms with Crippen LogP contribution in [0.3, 0.4) is 0 Å². The number of anilines is 1. The van der Waals surface area contributed by atoms with Gasteiger partial charge in [0.2, 0.25) is 0 Å². The second-order valence-electron chi connectivity index (χ2n) is 9.91. The van der Waals surface area contributed by atoms with Crippen molar-refractivity contribution in [1.82, 2.24) is 4.90 Å². The van der Waals surface area contributed by atoms with Crippen LogP contribution >= 0.6 is 0 Å². The first-order chi connectivity index (χ1) is 17.5. The molecular weight excluding hydrogens is 452 g/mol. The van der Waals surface area contributed by atoms with Crippen LogP contribution < -0.4 is 9.64 Å². The maximum Gasteiger partial charge on any atom is 0.411 e. The molecule has 5 rings (SSSR count). The van der Waals surface area contributed by atoms with E-state index in [2.05, 4.69) is 29.2 Å². The van der Waals surface area contributed by atoms with E-state index >= 15 is 0 Å². The van der Waals surface area contributed by atoms with Crippen LogP contribution in [0.2, 0.25) is 0 Å². The molecule has 1 amide bonds. The van der Waals surface area contributed by atoms with Crippen molar-refractivity contribution in [2.45, 2.75) is 19.4 Å². The average molecular weight is 485 g/mol. The molecule has 2 aliphatic rings. The summed E-state index contributed by atoms with van der Waals surface area (Å²) in [5.41, 5.74) is 2.62. The first-order valence-corrected chi connectivity index (χ1v) is 12.6. The molecule has 36 heavy (non-hydrogen) atoms. The van der Waals surface area contributed by atoms with Gasteiger partial charge in [-0.05, 0) is 60.4 Å². The van der Waals surface area contributed by atoms with Crippen molar-refractivity contribution in [3.05, 3.63) is 95.6 Å². The molecule has 2 fully saturated rings. The number of carboxylic acid groups (broad SMARTS) is 1. The molecule has 6 heteroatoms. The molecule has 1 saturated carbocycles. The number of amides is 1. The van der Waals surface area contributed by atoms with Gasteiger partial charge >= 0.3 is 6.09 Å². The molecule has 3 aromatic carbocycles. The van der Waals surface area contributed by atoms with Crippen LogP contribution in [0.15, 0.2) is 78.9 Å². The van der Waals surface area contributed by atoms with Crippen molar-refractivity contribution in [3.63, 3.8) is 0 Å². The van der Waals surface area contributed by atoms with Crippen LogP contribution in [0.25, 0.3) is 0 Å². The molecule has 2 unspecified atom stereocenters. The van der Waals surface area contributed by atoms with Gasteiger partial charge in [-0.3, -0.25) is 14.6 Å². The van der Waals surface area contributed by atoms with E-state index in [-0.39, 0.29) is 11.7 Å². The Morgan fingerprint density at radius 2 is 1.64 bits per heavy atom. The lowest BCUT2D eigenvalue weighted by Gasteiger charge is -2.40. The molecule has 6 nitrogen and oxygen atoms in total. The highest BCUT2D eigenvalue weighted by Crippen LogP contribution is 2.43. The number of hydrogen-bond donors (Lipinski definition) is 1. The Morgan fingerprint density at radius 3 is 2.33 bits per heavy atom. The van der Waals surface area contributed by atoms with Crippen LogP contribution in [-0.2, 0) is 6.54 Å². The van der Waals surface area contributed by atoms with Crippen LogP contribution in [0, 0.1) is 17.8 Å². The molecular formula is C30H32N2O4. The highest BCUT2D eigenvalue weighted by atomic mass is 16.5. The molecule has 1 aliphatic heterocycles. The highest BCUT2D eigenvalue weighted by Gasteiger charge is 2.43. The summed E-state index contributed by atoms with van der Waals surface area (Å²) in [5.74, 6) is 1.57. The van der Waals surface area contributed by atoms with Crippen LogP contribution in [0.4, 0.5) is 10.5 Å². The second-order valence-corrected chi connectivity index (χ2v) is 9.91. The zero-order chi connectivity index (χ0) is 25.1. The number of para-hydroxylation sites is 1. The lowest BCUT2D eigenvalue weighted by molar-refractivity contribution is 0.103. The van der Waals surface area contributed by atoms with Gasteiger partial charge in [0, 0.05) is 37.3 Å². The monoisotopic (exact) mass is 484 g/mol. The van der Waals surface area contributed by atoms with Gasteiger partial charge in [0.1, 0.15) is 5.75 Å². The van der Waals surface area contributed by atoms with Crippen molar-refractivity contribution in [3.8, 4) is 5.75 Å². The van der Waals surface area contributed by atoms with E-state index in [1.54, 1.807) is 55.6 Å². The third-order valence-corrected chi connectivity index (χ3v) is 7.75. The molecule has 1 saturated heterocycles. The molecule has 2 atom stereocenters. The maximum absolute atomic E-state index is 13.4. The Bertz CT molecular complexity index is 1210. The molecule has 3 aromatic rings. The molecule has 0 radical (unpaired) electrons. The van der Waals surface area contributed by atoms with Crippen LogP contribution in [-0.4, -0.2) is 48.6 Å². The van der Waals surface area contributed by atoms with Crippen LogP contribution in [0.1, 0.15) is 34.3 Å².